The molecule has 0 unspecified atom stereocenters. The molecule has 0 aromatic heterocycles. The third-order valence-corrected chi connectivity index (χ3v) is 3.18. The maximum atomic E-state index is 13.9. The molecule has 1 N–H and O–H groups in total. The standard InChI is InChI=1S/C15H20FN/c1-2-9-17-11-12-7-8-14(15(16)10-12)13-5-3-4-6-13/h5,7-8,10,17H,2-4,6,9,11H2,1H3. The fourth-order valence-electron chi connectivity index (χ4n) is 2.25. The minimum Gasteiger partial charge on any atom is -0.313 e. The van der Waals surface area contributed by atoms with Gasteiger partial charge in [0.05, 0.1) is 0 Å². The summed E-state index contributed by atoms with van der Waals surface area (Å²) in [7, 11) is 0. The van der Waals surface area contributed by atoms with Crippen molar-refractivity contribution in [3.63, 3.8) is 0 Å². The van der Waals surface area contributed by atoms with Crippen LogP contribution in [0.5, 0.6) is 0 Å². The van der Waals surface area contributed by atoms with E-state index in [2.05, 4.69) is 18.3 Å². The molecule has 0 radical (unpaired) electrons. The summed E-state index contributed by atoms with van der Waals surface area (Å²) in [6.45, 7) is 3.86. The van der Waals surface area contributed by atoms with Crippen molar-refractivity contribution in [3.8, 4) is 0 Å². The van der Waals surface area contributed by atoms with Crippen LogP contribution >= 0.6 is 0 Å². The van der Waals surface area contributed by atoms with E-state index >= 15 is 0 Å². The van der Waals surface area contributed by atoms with Gasteiger partial charge in [0.15, 0.2) is 0 Å². The van der Waals surface area contributed by atoms with E-state index in [1.165, 1.54) is 5.57 Å². The summed E-state index contributed by atoms with van der Waals surface area (Å²) < 4.78 is 13.9. The van der Waals surface area contributed by atoms with Gasteiger partial charge in [-0.3, -0.25) is 0 Å². The number of hydrogen-bond acceptors (Lipinski definition) is 1. The Hall–Kier alpha value is -1.15. The topological polar surface area (TPSA) is 12.0 Å². The zero-order chi connectivity index (χ0) is 12.1. The number of halogens is 1. The van der Waals surface area contributed by atoms with Gasteiger partial charge in [0.1, 0.15) is 5.82 Å². The number of rotatable bonds is 5. The van der Waals surface area contributed by atoms with Crippen LogP contribution in [0.15, 0.2) is 24.3 Å². The summed E-state index contributed by atoms with van der Waals surface area (Å²) in [5.41, 5.74) is 3.00. The van der Waals surface area contributed by atoms with Gasteiger partial charge in [-0.15, -0.1) is 0 Å². The molecular formula is C15H20FN. The minimum atomic E-state index is -0.0750. The van der Waals surface area contributed by atoms with Crippen molar-refractivity contribution in [2.75, 3.05) is 6.54 Å². The lowest BCUT2D eigenvalue weighted by atomic mass is 10.0. The second-order valence-electron chi connectivity index (χ2n) is 4.61. The molecule has 0 fully saturated rings. The molecule has 0 bridgehead atoms. The van der Waals surface area contributed by atoms with E-state index in [0.29, 0.717) is 0 Å². The Morgan fingerprint density at radius 2 is 2.24 bits per heavy atom. The Kier molecular flexibility index (Phi) is 4.32. The first-order chi connectivity index (χ1) is 8.31. The van der Waals surface area contributed by atoms with Crippen molar-refractivity contribution in [2.45, 2.75) is 39.2 Å². The molecule has 0 saturated heterocycles. The van der Waals surface area contributed by atoms with Crippen LogP contribution in [-0.4, -0.2) is 6.54 Å². The predicted molar refractivity (Wildman–Crippen MR) is 70.2 cm³/mol. The lowest BCUT2D eigenvalue weighted by Crippen LogP contribution is -2.13. The molecule has 1 aliphatic rings. The average Bonchev–Trinajstić information content (AvgIpc) is 2.83. The predicted octanol–water partition coefficient (Wildman–Crippen LogP) is 3.89. The summed E-state index contributed by atoms with van der Waals surface area (Å²) in [4.78, 5) is 0. The van der Waals surface area contributed by atoms with E-state index in [1.54, 1.807) is 6.07 Å². The maximum absolute atomic E-state index is 13.9. The molecule has 17 heavy (non-hydrogen) atoms. The zero-order valence-corrected chi connectivity index (χ0v) is 10.4. The van der Waals surface area contributed by atoms with Crippen molar-refractivity contribution in [3.05, 3.63) is 41.2 Å². The van der Waals surface area contributed by atoms with Crippen LogP contribution in [-0.2, 0) is 6.54 Å². The van der Waals surface area contributed by atoms with Crippen LogP contribution in [0.25, 0.3) is 5.57 Å². The molecule has 0 aliphatic heterocycles. The van der Waals surface area contributed by atoms with Crippen molar-refractivity contribution in [1.82, 2.24) is 5.32 Å². The van der Waals surface area contributed by atoms with E-state index in [-0.39, 0.29) is 5.82 Å². The SMILES string of the molecule is CCCNCc1ccc(C2=CCCC2)c(F)c1. The molecule has 1 aliphatic carbocycles. The Balaban J connectivity index is 2.06. The molecule has 92 valence electrons. The van der Waals surface area contributed by atoms with Crippen LogP contribution in [0.3, 0.4) is 0 Å². The van der Waals surface area contributed by atoms with E-state index < -0.39 is 0 Å². The molecule has 2 heteroatoms. The van der Waals surface area contributed by atoms with Crippen LogP contribution in [0.1, 0.15) is 43.7 Å². The highest BCUT2D eigenvalue weighted by atomic mass is 19.1. The maximum Gasteiger partial charge on any atom is 0.131 e. The highest BCUT2D eigenvalue weighted by molar-refractivity contribution is 5.67. The Morgan fingerprint density at radius 3 is 2.88 bits per heavy atom. The Bertz CT molecular complexity index is 409. The first-order valence-electron chi connectivity index (χ1n) is 6.50. The number of benzene rings is 1. The second kappa shape index (κ2) is 5.97. The lowest BCUT2D eigenvalue weighted by Gasteiger charge is -2.08. The van der Waals surface area contributed by atoms with Crippen molar-refractivity contribution in [2.24, 2.45) is 0 Å². The van der Waals surface area contributed by atoms with Crippen molar-refractivity contribution in [1.29, 1.82) is 0 Å². The largest absolute Gasteiger partial charge is 0.313 e. The zero-order valence-electron chi connectivity index (χ0n) is 10.4. The van der Waals surface area contributed by atoms with Crippen LogP contribution in [0.4, 0.5) is 4.39 Å². The minimum absolute atomic E-state index is 0.0750. The van der Waals surface area contributed by atoms with Gasteiger partial charge in [0, 0.05) is 12.1 Å². The summed E-state index contributed by atoms with van der Waals surface area (Å²) in [5.74, 6) is -0.0750. The molecule has 0 amide bonds. The van der Waals surface area contributed by atoms with Gasteiger partial charge in [-0.1, -0.05) is 25.1 Å². The van der Waals surface area contributed by atoms with Gasteiger partial charge < -0.3 is 5.32 Å². The first-order valence-corrected chi connectivity index (χ1v) is 6.50. The molecule has 1 aromatic rings. The summed E-state index contributed by atoms with van der Waals surface area (Å²) >= 11 is 0. The lowest BCUT2D eigenvalue weighted by molar-refractivity contribution is 0.615. The molecule has 2 rings (SSSR count). The van der Waals surface area contributed by atoms with E-state index in [1.807, 2.05) is 12.1 Å². The van der Waals surface area contributed by atoms with E-state index in [9.17, 15) is 4.39 Å². The van der Waals surface area contributed by atoms with E-state index in [0.717, 1.165) is 49.9 Å². The normalized spacial score (nSPS) is 15.1. The quantitative estimate of drug-likeness (QED) is 0.761. The number of hydrogen-bond donors (Lipinski definition) is 1. The van der Waals surface area contributed by atoms with Crippen molar-refractivity contribution < 1.29 is 4.39 Å². The third-order valence-electron chi connectivity index (χ3n) is 3.18. The summed E-state index contributed by atoms with van der Waals surface area (Å²) in [5, 5.41) is 3.29. The molecule has 0 saturated carbocycles. The molecule has 1 aromatic carbocycles. The summed E-state index contributed by atoms with van der Waals surface area (Å²) in [6, 6.07) is 5.62. The van der Waals surface area contributed by atoms with E-state index in [4.69, 9.17) is 0 Å². The van der Waals surface area contributed by atoms with Crippen LogP contribution in [0, 0.1) is 5.82 Å². The molecule has 0 heterocycles. The van der Waals surface area contributed by atoms with Gasteiger partial charge in [0.25, 0.3) is 0 Å². The molecule has 0 spiro atoms. The molecule has 1 nitrogen and oxygen atoms in total. The highest BCUT2D eigenvalue weighted by Gasteiger charge is 2.11. The van der Waals surface area contributed by atoms with Gasteiger partial charge in [-0.05, 0) is 49.4 Å². The van der Waals surface area contributed by atoms with Gasteiger partial charge in [-0.25, -0.2) is 4.39 Å². The number of allylic oxidation sites excluding steroid dienone is 2. The first kappa shape index (κ1) is 12.3. The molecular weight excluding hydrogens is 213 g/mol. The van der Waals surface area contributed by atoms with Crippen molar-refractivity contribution >= 4 is 5.57 Å². The van der Waals surface area contributed by atoms with Gasteiger partial charge >= 0.3 is 0 Å². The molecule has 0 atom stereocenters. The monoisotopic (exact) mass is 233 g/mol. The highest BCUT2D eigenvalue weighted by Crippen LogP contribution is 2.29. The van der Waals surface area contributed by atoms with Gasteiger partial charge in [-0.2, -0.15) is 0 Å². The Morgan fingerprint density at radius 1 is 1.35 bits per heavy atom. The smallest absolute Gasteiger partial charge is 0.131 e. The average molecular weight is 233 g/mol. The van der Waals surface area contributed by atoms with Crippen LogP contribution in [0.2, 0.25) is 0 Å². The van der Waals surface area contributed by atoms with Gasteiger partial charge in [0.2, 0.25) is 0 Å². The second-order valence-corrected chi connectivity index (χ2v) is 4.61. The summed E-state index contributed by atoms with van der Waals surface area (Å²) in [6.07, 6.45) is 6.54. The third kappa shape index (κ3) is 3.16. The van der Waals surface area contributed by atoms with Crippen LogP contribution < -0.4 is 5.32 Å². The fraction of sp³-hybridized carbons (Fsp3) is 0.467. The number of nitrogens with one attached hydrogen (secondary N) is 1. The fourth-order valence-corrected chi connectivity index (χ4v) is 2.25. The Labute approximate surface area is 103 Å².